The molecule has 0 aliphatic carbocycles. The molecule has 0 radical (unpaired) electrons. The maximum Gasteiger partial charge on any atom is 0.268 e. The second-order valence-corrected chi connectivity index (χ2v) is 8.31. The van der Waals surface area contributed by atoms with Crippen molar-refractivity contribution in [1.29, 1.82) is 0 Å². The Morgan fingerprint density at radius 1 is 1.42 bits per heavy atom. The van der Waals surface area contributed by atoms with Gasteiger partial charge in [0.1, 0.15) is 0 Å². The molecule has 0 saturated carbocycles. The molecule has 2 heterocycles. The van der Waals surface area contributed by atoms with Crippen molar-refractivity contribution >= 4 is 28.6 Å². The highest BCUT2D eigenvalue weighted by molar-refractivity contribution is 6.24. The van der Waals surface area contributed by atoms with Crippen molar-refractivity contribution < 1.29 is 9.53 Å². The van der Waals surface area contributed by atoms with E-state index >= 15 is 0 Å². The fraction of sp³-hybridized carbons (Fsp3) is 0.579. The Kier molecular flexibility index (Phi) is 5.55. The first kappa shape index (κ1) is 19.1. The normalized spacial score (nSPS) is 15.3. The molecule has 0 atom stereocenters. The molecule has 1 aromatic carbocycles. The van der Waals surface area contributed by atoms with Crippen LogP contribution in [0.5, 0.6) is 0 Å². The van der Waals surface area contributed by atoms with Crippen molar-refractivity contribution in [3.05, 3.63) is 29.5 Å². The van der Waals surface area contributed by atoms with Gasteiger partial charge in [0.25, 0.3) is 5.91 Å². The van der Waals surface area contributed by atoms with Crippen molar-refractivity contribution in [3.63, 3.8) is 0 Å². The van der Waals surface area contributed by atoms with Gasteiger partial charge in [-0.05, 0) is 45.4 Å². The van der Waals surface area contributed by atoms with E-state index in [9.17, 15) is 4.79 Å². The first-order valence-electron chi connectivity index (χ1n) is 9.04. The molecule has 2 aromatic rings. The Hall–Kier alpha value is -1.63. The third-order valence-corrected chi connectivity index (χ3v) is 4.91. The summed E-state index contributed by atoms with van der Waals surface area (Å²) in [6, 6.07) is 3.70. The molecule has 3 rings (SSSR count). The molecule has 26 heavy (non-hydrogen) atoms. The lowest BCUT2D eigenvalue weighted by molar-refractivity contribution is -0.00593. The molecule has 1 amide bonds. The minimum absolute atomic E-state index is 0.209. The van der Waals surface area contributed by atoms with Gasteiger partial charge in [-0.1, -0.05) is 0 Å². The lowest BCUT2D eigenvalue weighted by atomic mass is 10.0. The molecule has 1 aromatic heterocycles. The predicted octanol–water partition coefficient (Wildman–Crippen LogP) is 2.98. The maximum absolute atomic E-state index is 12.7. The number of aryl methyl sites for hydroxylation is 1. The topological polar surface area (TPSA) is 59.4 Å². The van der Waals surface area contributed by atoms with E-state index in [2.05, 4.69) is 10.4 Å². The summed E-state index contributed by atoms with van der Waals surface area (Å²) >= 11 is 6.19. The van der Waals surface area contributed by atoms with Crippen LogP contribution in [0.3, 0.4) is 0 Å². The first-order valence-corrected chi connectivity index (χ1v) is 9.37. The second kappa shape index (κ2) is 7.55. The molecule has 1 aliphatic rings. The van der Waals surface area contributed by atoms with Gasteiger partial charge in [0, 0.05) is 54.5 Å². The van der Waals surface area contributed by atoms with Crippen LogP contribution in [0.15, 0.2) is 18.3 Å². The number of carbonyl (C=O) groups excluding carboxylic acids is 1. The number of aromatic nitrogens is 2. The van der Waals surface area contributed by atoms with Crippen molar-refractivity contribution in [3.8, 4) is 0 Å². The fourth-order valence-corrected chi connectivity index (χ4v) is 3.17. The molecule has 1 N–H and O–H groups in total. The molecule has 0 unspecified atom stereocenters. The zero-order chi connectivity index (χ0) is 18.9. The summed E-state index contributed by atoms with van der Waals surface area (Å²) in [6.45, 7) is 11.6. The Morgan fingerprint density at radius 3 is 2.77 bits per heavy atom. The zero-order valence-corrected chi connectivity index (χ0v) is 16.6. The van der Waals surface area contributed by atoms with Gasteiger partial charge in [-0.2, -0.15) is 5.10 Å². The highest BCUT2D eigenvalue weighted by Gasteiger charge is 2.21. The van der Waals surface area contributed by atoms with Gasteiger partial charge in [-0.15, -0.1) is 0 Å². The van der Waals surface area contributed by atoms with E-state index in [1.165, 1.54) is 4.42 Å². The van der Waals surface area contributed by atoms with E-state index in [0.29, 0.717) is 24.6 Å². The van der Waals surface area contributed by atoms with Gasteiger partial charge in [-0.3, -0.25) is 9.48 Å². The summed E-state index contributed by atoms with van der Waals surface area (Å²) in [5.74, 6) is 0.423. The third kappa shape index (κ3) is 4.37. The lowest BCUT2D eigenvalue weighted by Gasteiger charge is -2.26. The van der Waals surface area contributed by atoms with Gasteiger partial charge in [-0.25, -0.2) is 4.42 Å². The molecule has 1 fully saturated rings. The number of amides is 1. The van der Waals surface area contributed by atoms with E-state index in [1.807, 2.05) is 50.7 Å². The molecule has 6 nitrogen and oxygen atoms in total. The maximum atomic E-state index is 12.7. The summed E-state index contributed by atoms with van der Waals surface area (Å²) in [5, 5.41) is 8.90. The number of hydrogen-bond acceptors (Lipinski definition) is 4. The van der Waals surface area contributed by atoms with Gasteiger partial charge >= 0.3 is 0 Å². The van der Waals surface area contributed by atoms with Crippen molar-refractivity contribution in [2.24, 2.45) is 5.92 Å². The zero-order valence-electron chi connectivity index (χ0n) is 15.9. The summed E-state index contributed by atoms with van der Waals surface area (Å²) < 4.78 is 8.82. The smallest absolute Gasteiger partial charge is 0.268 e. The summed E-state index contributed by atoms with van der Waals surface area (Å²) in [5.41, 5.74) is 2.17. The number of halogens is 1. The second-order valence-electron chi connectivity index (χ2n) is 7.90. The number of ether oxygens (including phenoxy) is 1. The molecule has 1 aliphatic heterocycles. The average Bonchev–Trinajstić information content (AvgIpc) is 2.93. The average molecular weight is 379 g/mol. The van der Waals surface area contributed by atoms with Gasteiger partial charge in [0.2, 0.25) is 0 Å². The van der Waals surface area contributed by atoms with E-state index in [1.54, 1.807) is 0 Å². The van der Waals surface area contributed by atoms with Crippen LogP contribution in [-0.2, 0) is 11.3 Å². The third-order valence-electron chi connectivity index (χ3n) is 4.59. The van der Waals surface area contributed by atoms with Crippen LogP contribution in [0, 0.1) is 12.8 Å². The molecular formula is C19H27ClN4O2. The van der Waals surface area contributed by atoms with E-state index in [4.69, 9.17) is 16.5 Å². The largest absolute Gasteiger partial charge is 0.374 e. The summed E-state index contributed by atoms with van der Waals surface area (Å²) in [4.78, 5) is 12.7. The molecule has 0 spiro atoms. The minimum Gasteiger partial charge on any atom is -0.374 e. The molecule has 7 heteroatoms. The van der Waals surface area contributed by atoms with Crippen molar-refractivity contribution in [2.75, 3.05) is 26.2 Å². The Bertz CT molecular complexity index is 793. The van der Waals surface area contributed by atoms with Crippen LogP contribution in [-0.4, -0.2) is 51.9 Å². The molecule has 1 saturated heterocycles. The highest BCUT2D eigenvalue weighted by Crippen LogP contribution is 2.23. The van der Waals surface area contributed by atoms with Gasteiger partial charge in [0.05, 0.1) is 24.3 Å². The Balaban J connectivity index is 1.72. The van der Waals surface area contributed by atoms with E-state index < -0.39 is 0 Å². The Labute approximate surface area is 159 Å². The van der Waals surface area contributed by atoms with Gasteiger partial charge in [0.15, 0.2) is 0 Å². The van der Waals surface area contributed by atoms with Crippen LogP contribution in [0.25, 0.3) is 10.9 Å². The number of carbonyl (C=O) groups is 1. The van der Waals surface area contributed by atoms with E-state index in [-0.39, 0.29) is 11.5 Å². The molecular weight excluding hydrogens is 352 g/mol. The van der Waals surface area contributed by atoms with Crippen molar-refractivity contribution in [1.82, 2.24) is 19.5 Å². The standard InChI is InChI=1S/C19H27ClN4O2/c1-13-15(18(25)24(20)7-8-26-19(2,3)4)5-6-17-16(13)12-23(22-17)11-14-9-21-10-14/h5-6,12,14,21H,7-11H2,1-4H3. The van der Waals surface area contributed by atoms with Crippen molar-refractivity contribution in [2.45, 2.75) is 39.8 Å². The van der Waals surface area contributed by atoms with Gasteiger partial charge < -0.3 is 10.1 Å². The fourth-order valence-electron chi connectivity index (χ4n) is 3.01. The number of rotatable bonds is 6. The monoisotopic (exact) mass is 378 g/mol. The van der Waals surface area contributed by atoms with Crippen LogP contribution in [0.4, 0.5) is 0 Å². The number of fused-ring (bicyclic) bond motifs is 1. The number of nitrogens with zero attached hydrogens (tertiary/aromatic N) is 3. The molecule has 0 bridgehead atoms. The van der Waals surface area contributed by atoms with E-state index in [0.717, 1.165) is 36.1 Å². The number of benzene rings is 1. The lowest BCUT2D eigenvalue weighted by Crippen LogP contribution is -2.44. The van der Waals surface area contributed by atoms with Crippen LogP contribution >= 0.6 is 11.8 Å². The quantitative estimate of drug-likeness (QED) is 0.785. The van der Waals surface area contributed by atoms with Crippen LogP contribution < -0.4 is 5.32 Å². The predicted molar refractivity (Wildman–Crippen MR) is 103 cm³/mol. The number of hydrogen-bond donors (Lipinski definition) is 1. The minimum atomic E-state index is -0.250. The summed E-state index contributed by atoms with van der Waals surface area (Å²) in [7, 11) is 0. The number of nitrogens with one attached hydrogen (secondary N) is 1. The van der Waals surface area contributed by atoms with Crippen LogP contribution in [0.2, 0.25) is 0 Å². The first-order chi connectivity index (χ1) is 12.2. The molecule has 142 valence electrons. The summed E-state index contributed by atoms with van der Waals surface area (Å²) in [6.07, 6.45) is 2.03. The van der Waals surface area contributed by atoms with Crippen LogP contribution in [0.1, 0.15) is 36.7 Å². The Morgan fingerprint density at radius 2 is 2.15 bits per heavy atom. The highest BCUT2D eigenvalue weighted by atomic mass is 35.5. The SMILES string of the molecule is Cc1c(C(=O)N(Cl)CCOC(C)(C)C)ccc2nn(CC3CNC3)cc12.